The van der Waals surface area contributed by atoms with Crippen molar-refractivity contribution in [3.63, 3.8) is 0 Å². The number of carboxylic acid groups (broad SMARTS) is 1. The average Bonchev–Trinajstić information content (AvgIpc) is 2.96. The summed E-state index contributed by atoms with van der Waals surface area (Å²) in [4.78, 5) is 21.8. The third kappa shape index (κ3) is 3.76. The molecule has 1 atom stereocenters. The Balaban J connectivity index is 2.00. The van der Waals surface area contributed by atoms with E-state index in [9.17, 15) is 9.59 Å². The first-order chi connectivity index (χ1) is 7.46. The van der Waals surface area contributed by atoms with Gasteiger partial charge in [-0.2, -0.15) is 0 Å². The molecule has 0 bridgehead atoms. The van der Waals surface area contributed by atoms with Gasteiger partial charge in [-0.25, -0.2) is 10.9 Å². The Bertz CT molecular complexity index is 278. The number of unbranched alkanes of at least 4 members (excludes halogenated alkanes) is 1. The summed E-state index contributed by atoms with van der Waals surface area (Å²) in [5.74, 6) is -1.09. The van der Waals surface area contributed by atoms with Crippen molar-refractivity contribution in [3.8, 4) is 0 Å². The molecule has 0 aromatic carbocycles. The second-order valence-electron chi connectivity index (χ2n) is 4.07. The number of hydrazine groups is 1. The van der Waals surface area contributed by atoms with Gasteiger partial charge in [-0.15, -0.1) is 0 Å². The molecular formula is C9H18N4O3. The van der Waals surface area contributed by atoms with Crippen LogP contribution < -0.4 is 21.9 Å². The van der Waals surface area contributed by atoms with Gasteiger partial charge in [0.2, 0.25) is 0 Å². The van der Waals surface area contributed by atoms with Crippen LogP contribution in [0.4, 0.5) is 0 Å². The van der Waals surface area contributed by atoms with Crippen molar-refractivity contribution in [2.24, 2.45) is 5.73 Å². The van der Waals surface area contributed by atoms with Crippen molar-refractivity contribution < 1.29 is 14.7 Å². The Labute approximate surface area is 93.7 Å². The highest BCUT2D eigenvalue weighted by molar-refractivity contribution is 5.87. The molecule has 6 N–H and O–H groups in total. The van der Waals surface area contributed by atoms with Gasteiger partial charge in [0.05, 0.1) is 0 Å². The van der Waals surface area contributed by atoms with E-state index < -0.39 is 17.7 Å². The zero-order chi connectivity index (χ0) is 12.2. The molecular weight excluding hydrogens is 212 g/mol. The van der Waals surface area contributed by atoms with E-state index in [-0.39, 0.29) is 5.91 Å². The third-order valence-corrected chi connectivity index (χ3v) is 2.50. The normalized spacial score (nSPS) is 18.9. The van der Waals surface area contributed by atoms with E-state index in [1.165, 1.54) is 0 Å². The molecule has 1 aliphatic heterocycles. The van der Waals surface area contributed by atoms with E-state index in [0.29, 0.717) is 19.4 Å². The number of hydrogen-bond donors (Lipinski definition) is 5. The summed E-state index contributed by atoms with van der Waals surface area (Å²) in [5.41, 5.74) is 10.2. The Morgan fingerprint density at radius 3 is 2.56 bits per heavy atom. The molecule has 0 aromatic rings. The Kier molecular flexibility index (Phi) is 4.22. The van der Waals surface area contributed by atoms with Crippen LogP contribution in [0.3, 0.4) is 0 Å². The minimum Gasteiger partial charge on any atom is -0.480 e. The van der Waals surface area contributed by atoms with Crippen LogP contribution in [0, 0.1) is 0 Å². The molecule has 7 heteroatoms. The number of aliphatic carboxylic acids is 1. The second kappa shape index (κ2) is 5.24. The zero-order valence-electron chi connectivity index (χ0n) is 9.25. The minimum absolute atomic E-state index is 0.102. The van der Waals surface area contributed by atoms with Crippen molar-refractivity contribution >= 4 is 11.9 Å². The predicted molar refractivity (Wildman–Crippen MR) is 57.1 cm³/mol. The van der Waals surface area contributed by atoms with Crippen molar-refractivity contribution in [1.82, 2.24) is 16.2 Å². The summed E-state index contributed by atoms with van der Waals surface area (Å²) in [6.45, 7) is 2.27. The summed E-state index contributed by atoms with van der Waals surface area (Å²) in [6.07, 6.45) is 1.84. The number of rotatable bonds is 7. The molecule has 1 rings (SSSR count). The molecule has 0 unspecified atom stereocenters. The first kappa shape index (κ1) is 12.9. The molecule has 0 radical (unpaired) electrons. The average molecular weight is 230 g/mol. The topological polar surface area (TPSA) is 136 Å². The fourth-order valence-corrected chi connectivity index (χ4v) is 1.20. The van der Waals surface area contributed by atoms with Gasteiger partial charge in [0.25, 0.3) is 5.91 Å². The maximum absolute atomic E-state index is 11.4. The third-order valence-electron chi connectivity index (χ3n) is 2.50. The molecule has 0 aromatic heterocycles. The van der Waals surface area contributed by atoms with Crippen LogP contribution in [-0.2, 0) is 9.59 Å². The predicted octanol–water partition coefficient (Wildman–Crippen LogP) is -1.49. The van der Waals surface area contributed by atoms with Crippen LogP contribution >= 0.6 is 0 Å². The number of carbonyl (C=O) groups excluding carboxylic acids is 1. The first-order valence-corrected chi connectivity index (χ1v) is 5.27. The van der Waals surface area contributed by atoms with E-state index >= 15 is 0 Å². The minimum atomic E-state index is -0.983. The number of nitrogens with two attached hydrogens (primary N) is 1. The van der Waals surface area contributed by atoms with Gasteiger partial charge in [-0.3, -0.25) is 9.59 Å². The summed E-state index contributed by atoms with van der Waals surface area (Å²) >= 11 is 0. The van der Waals surface area contributed by atoms with Gasteiger partial charge in [0, 0.05) is 6.54 Å². The number of nitrogens with one attached hydrogen (secondary N) is 3. The highest BCUT2D eigenvalue weighted by Gasteiger charge is 2.44. The fourth-order valence-electron chi connectivity index (χ4n) is 1.20. The van der Waals surface area contributed by atoms with Crippen molar-refractivity contribution in [2.45, 2.75) is 37.9 Å². The lowest BCUT2D eigenvalue weighted by molar-refractivity contribution is -0.138. The summed E-state index contributed by atoms with van der Waals surface area (Å²) in [6, 6.07) is -0.806. The molecule has 1 saturated heterocycles. The second-order valence-corrected chi connectivity index (χ2v) is 4.07. The van der Waals surface area contributed by atoms with Crippen LogP contribution in [0.5, 0.6) is 0 Å². The Morgan fingerprint density at radius 1 is 1.44 bits per heavy atom. The molecule has 1 fully saturated rings. The highest BCUT2D eigenvalue weighted by atomic mass is 16.4. The number of hydrogen-bond acceptors (Lipinski definition) is 5. The number of amides is 1. The lowest BCUT2D eigenvalue weighted by Gasteiger charge is -2.08. The fraction of sp³-hybridized carbons (Fsp3) is 0.778. The Morgan fingerprint density at radius 2 is 2.06 bits per heavy atom. The maximum Gasteiger partial charge on any atom is 0.320 e. The van der Waals surface area contributed by atoms with Gasteiger partial charge >= 0.3 is 5.97 Å². The van der Waals surface area contributed by atoms with Gasteiger partial charge in [-0.05, 0) is 26.2 Å². The van der Waals surface area contributed by atoms with E-state index in [2.05, 4.69) is 16.2 Å². The van der Waals surface area contributed by atoms with Crippen LogP contribution in [0.1, 0.15) is 26.2 Å². The quantitative estimate of drug-likeness (QED) is 0.267. The smallest absolute Gasteiger partial charge is 0.320 e. The van der Waals surface area contributed by atoms with Crippen molar-refractivity contribution in [3.05, 3.63) is 0 Å². The van der Waals surface area contributed by atoms with Crippen LogP contribution in [0.2, 0.25) is 0 Å². The Hall–Kier alpha value is -1.18. The van der Waals surface area contributed by atoms with Gasteiger partial charge in [0.1, 0.15) is 6.04 Å². The van der Waals surface area contributed by atoms with E-state index in [4.69, 9.17) is 10.8 Å². The highest BCUT2D eigenvalue weighted by Crippen LogP contribution is 2.07. The molecule has 0 saturated carbocycles. The van der Waals surface area contributed by atoms with Gasteiger partial charge in [-0.1, -0.05) is 0 Å². The van der Waals surface area contributed by atoms with Crippen molar-refractivity contribution in [2.75, 3.05) is 6.54 Å². The molecule has 7 nitrogen and oxygen atoms in total. The van der Waals surface area contributed by atoms with E-state index in [1.54, 1.807) is 6.92 Å². The number of carboxylic acids is 1. The number of carbonyl (C=O) groups is 2. The molecule has 0 spiro atoms. The summed E-state index contributed by atoms with van der Waals surface area (Å²) in [7, 11) is 0. The standard InChI is InChI=1S/C9H18N4O3/c1-9(12-13-9)8(16)11-5-3-2-4-6(10)7(14)15/h6,12-13H,2-5,10H2,1H3,(H,11,16)(H,14,15)/t6-/m0/s1. The molecule has 1 aliphatic rings. The largest absolute Gasteiger partial charge is 0.480 e. The summed E-state index contributed by atoms with van der Waals surface area (Å²) in [5, 5.41) is 11.3. The van der Waals surface area contributed by atoms with Gasteiger partial charge < -0.3 is 16.2 Å². The molecule has 92 valence electrons. The maximum atomic E-state index is 11.4. The lowest BCUT2D eigenvalue weighted by Crippen LogP contribution is -2.39. The lowest BCUT2D eigenvalue weighted by atomic mass is 10.1. The summed E-state index contributed by atoms with van der Waals surface area (Å²) < 4.78 is 0. The molecule has 1 heterocycles. The van der Waals surface area contributed by atoms with Crippen LogP contribution in [0.15, 0.2) is 0 Å². The van der Waals surface area contributed by atoms with Crippen molar-refractivity contribution in [1.29, 1.82) is 0 Å². The van der Waals surface area contributed by atoms with E-state index in [1.807, 2.05) is 0 Å². The van der Waals surface area contributed by atoms with Crippen LogP contribution in [-0.4, -0.2) is 35.2 Å². The monoisotopic (exact) mass is 230 g/mol. The first-order valence-electron chi connectivity index (χ1n) is 5.27. The van der Waals surface area contributed by atoms with E-state index in [0.717, 1.165) is 6.42 Å². The molecule has 0 aliphatic carbocycles. The zero-order valence-corrected chi connectivity index (χ0v) is 9.25. The van der Waals surface area contributed by atoms with Gasteiger partial charge in [0.15, 0.2) is 5.66 Å². The molecule has 16 heavy (non-hydrogen) atoms. The SMILES string of the molecule is CC1(C(=O)NCCCC[C@H](N)C(=O)O)NN1. The molecule has 1 amide bonds. The van der Waals surface area contributed by atoms with Crippen LogP contribution in [0.25, 0.3) is 0 Å².